The summed E-state index contributed by atoms with van der Waals surface area (Å²) in [6, 6.07) is 0. The van der Waals surface area contributed by atoms with Crippen molar-refractivity contribution < 1.29 is 14.2 Å². The van der Waals surface area contributed by atoms with E-state index < -0.39 is 5.41 Å². The molecule has 0 aromatic carbocycles. The molecule has 0 spiro atoms. The van der Waals surface area contributed by atoms with Crippen molar-refractivity contribution in [1.82, 2.24) is 5.32 Å². The Morgan fingerprint density at radius 3 is 2.16 bits per heavy atom. The molecule has 4 nitrogen and oxygen atoms in total. The van der Waals surface area contributed by atoms with Crippen molar-refractivity contribution >= 4 is 5.90 Å². The van der Waals surface area contributed by atoms with Crippen LogP contribution in [0.1, 0.15) is 98.3 Å². The molecule has 5 heteroatoms. The lowest BCUT2D eigenvalue weighted by atomic mass is 9.73. The van der Waals surface area contributed by atoms with Crippen LogP contribution in [0.25, 0.3) is 0 Å². The van der Waals surface area contributed by atoms with Crippen molar-refractivity contribution in [2.45, 2.75) is 104 Å². The van der Waals surface area contributed by atoms with Gasteiger partial charge in [-0.15, -0.1) is 0 Å². The van der Waals surface area contributed by atoms with E-state index in [-0.39, 0.29) is 24.4 Å². The monoisotopic (exact) mass is 452 g/mol. The van der Waals surface area contributed by atoms with Crippen molar-refractivity contribution in [1.29, 1.82) is 5.41 Å². The number of hydrogen-bond acceptors (Lipinski definition) is 4. The standard InChI is InChI=1S/C19H31FN2O2.C8H18/c1-4-7-16(20)12-15(5-2)13-19(8-10-22-11-9-19)18(21)24-17(6-3)14-23;1-3-5-7-8-6-4-2/h5,7,12,17,21-23H,2,4,6,8-11,13-14H2,1,3H3;3-8H2,1-2H3/b15-12+,16-7+,21-18?;. The minimum atomic E-state index is -0.472. The van der Waals surface area contributed by atoms with Gasteiger partial charge in [-0.2, -0.15) is 0 Å². The Bertz CT molecular complexity index is 556. The van der Waals surface area contributed by atoms with Gasteiger partial charge >= 0.3 is 0 Å². The van der Waals surface area contributed by atoms with Crippen LogP contribution in [-0.2, 0) is 4.74 Å². The van der Waals surface area contributed by atoms with Crippen LogP contribution in [-0.4, -0.2) is 36.8 Å². The lowest BCUT2D eigenvalue weighted by Crippen LogP contribution is -2.44. The van der Waals surface area contributed by atoms with E-state index in [1.54, 1.807) is 6.08 Å². The quantitative estimate of drug-likeness (QED) is 0.112. The maximum absolute atomic E-state index is 13.8. The molecule has 0 aromatic heterocycles. The minimum absolute atomic E-state index is 0.106. The fourth-order valence-electron chi connectivity index (χ4n) is 3.79. The largest absolute Gasteiger partial charge is 0.475 e. The van der Waals surface area contributed by atoms with Gasteiger partial charge in [0.1, 0.15) is 11.9 Å². The highest BCUT2D eigenvalue weighted by molar-refractivity contribution is 5.80. The lowest BCUT2D eigenvalue weighted by Gasteiger charge is -2.38. The average Bonchev–Trinajstić information content (AvgIpc) is 2.81. The van der Waals surface area contributed by atoms with Gasteiger partial charge in [0.05, 0.1) is 12.0 Å². The number of piperidine rings is 1. The fourth-order valence-corrected chi connectivity index (χ4v) is 3.79. The van der Waals surface area contributed by atoms with Crippen LogP contribution in [0.5, 0.6) is 0 Å². The molecule has 0 radical (unpaired) electrons. The Balaban J connectivity index is 0.00000102. The summed E-state index contributed by atoms with van der Waals surface area (Å²) in [5.74, 6) is -0.0803. The molecule has 0 amide bonds. The summed E-state index contributed by atoms with van der Waals surface area (Å²) in [4.78, 5) is 0. The van der Waals surface area contributed by atoms with Gasteiger partial charge < -0.3 is 15.2 Å². The van der Waals surface area contributed by atoms with Crippen molar-refractivity contribution in [3.05, 3.63) is 36.2 Å². The summed E-state index contributed by atoms with van der Waals surface area (Å²) in [5, 5.41) is 21.1. The summed E-state index contributed by atoms with van der Waals surface area (Å²) in [6.45, 7) is 13.6. The van der Waals surface area contributed by atoms with E-state index in [0.29, 0.717) is 19.3 Å². The molecule has 1 fully saturated rings. The molecule has 0 aromatic rings. The van der Waals surface area contributed by atoms with Crippen LogP contribution >= 0.6 is 0 Å². The topological polar surface area (TPSA) is 65.3 Å². The van der Waals surface area contributed by atoms with Gasteiger partial charge in [-0.25, -0.2) is 4.39 Å². The lowest BCUT2D eigenvalue weighted by molar-refractivity contribution is 0.0785. The summed E-state index contributed by atoms with van der Waals surface area (Å²) >= 11 is 0. The van der Waals surface area contributed by atoms with Gasteiger partial charge in [0.15, 0.2) is 5.90 Å². The second-order valence-corrected chi connectivity index (χ2v) is 8.70. The Labute approximate surface area is 196 Å². The molecule has 1 atom stereocenters. The average molecular weight is 453 g/mol. The number of rotatable bonds is 14. The molecule has 32 heavy (non-hydrogen) atoms. The molecule has 0 bridgehead atoms. The van der Waals surface area contributed by atoms with E-state index in [9.17, 15) is 9.50 Å². The summed E-state index contributed by atoms with van der Waals surface area (Å²) < 4.78 is 19.6. The Hall–Kier alpha value is -1.46. The first-order valence-electron chi connectivity index (χ1n) is 12.7. The maximum atomic E-state index is 13.8. The van der Waals surface area contributed by atoms with Crippen LogP contribution in [0, 0.1) is 10.8 Å². The third-order valence-electron chi connectivity index (χ3n) is 5.97. The third kappa shape index (κ3) is 12.5. The number of halogens is 1. The first-order chi connectivity index (χ1) is 15.4. The van der Waals surface area contributed by atoms with E-state index in [2.05, 4.69) is 25.7 Å². The summed E-state index contributed by atoms with van der Waals surface area (Å²) in [5.41, 5.74) is 0.296. The van der Waals surface area contributed by atoms with E-state index in [1.165, 1.54) is 50.7 Å². The van der Waals surface area contributed by atoms with Crippen LogP contribution in [0.15, 0.2) is 36.2 Å². The number of allylic oxidation sites excluding steroid dienone is 5. The summed E-state index contributed by atoms with van der Waals surface area (Å²) in [6.07, 6.45) is 16.1. The normalized spacial score (nSPS) is 17.2. The predicted molar refractivity (Wildman–Crippen MR) is 136 cm³/mol. The van der Waals surface area contributed by atoms with Crippen molar-refractivity contribution in [2.24, 2.45) is 5.41 Å². The van der Waals surface area contributed by atoms with Gasteiger partial charge in [-0.1, -0.05) is 78.9 Å². The van der Waals surface area contributed by atoms with Gasteiger partial charge in [0, 0.05) is 0 Å². The molecular formula is C27H49FN2O2. The van der Waals surface area contributed by atoms with Crippen molar-refractivity contribution in [2.75, 3.05) is 19.7 Å². The Kier molecular flexibility index (Phi) is 18.2. The zero-order valence-corrected chi connectivity index (χ0v) is 21.1. The van der Waals surface area contributed by atoms with Crippen LogP contribution in [0.4, 0.5) is 4.39 Å². The number of aliphatic hydroxyl groups excluding tert-OH is 1. The highest BCUT2D eigenvalue weighted by Crippen LogP contribution is 2.38. The molecule has 1 aliphatic heterocycles. The first-order valence-corrected chi connectivity index (χ1v) is 12.7. The van der Waals surface area contributed by atoms with Gasteiger partial charge in [0.25, 0.3) is 0 Å². The molecule has 1 heterocycles. The van der Waals surface area contributed by atoms with Crippen LogP contribution in [0.3, 0.4) is 0 Å². The number of aliphatic hydroxyl groups is 1. The predicted octanol–water partition coefficient (Wildman–Crippen LogP) is 7.25. The number of hydrogen-bond donors (Lipinski definition) is 3. The fraction of sp³-hybridized carbons (Fsp3) is 0.741. The minimum Gasteiger partial charge on any atom is -0.475 e. The molecule has 1 saturated heterocycles. The van der Waals surface area contributed by atoms with Crippen molar-refractivity contribution in [3.8, 4) is 0 Å². The van der Waals surface area contributed by atoms with Gasteiger partial charge in [-0.05, 0) is 62.9 Å². The molecular weight excluding hydrogens is 403 g/mol. The third-order valence-corrected chi connectivity index (χ3v) is 5.97. The first kappa shape index (κ1) is 30.5. The second kappa shape index (κ2) is 19.0. The summed E-state index contributed by atoms with van der Waals surface area (Å²) in [7, 11) is 0. The van der Waals surface area contributed by atoms with Gasteiger partial charge in [-0.3, -0.25) is 5.41 Å². The molecule has 1 rings (SSSR count). The molecule has 0 aliphatic carbocycles. The SMILES string of the molecule is C=C/C(=C\C(F)=C/CC)CC1(C(=N)OC(CC)CO)CCNCC1.CCCCCCCC. The number of ether oxygens (including phenoxy) is 1. The Morgan fingerprint density at radius 1 is 1.12 bits per heavy atom. The zero-order valence-electron chi connectivity index (χ0n) is 21.1. The van der Waals surface area contributed by atoms with E-state index in [4.69, 9.17) is 10.1 Å². The van der Waals surface area contributed by atoms with E-state index in [0.717, 1.165) is 31.5 Å². The van der Waals surface area contributed by atoms with Gasteiger partial charge in [0.2, 0.25) is 0 Å². The highest BCUT2D eigenvalue weighted by Gasteiger charge is 2.39. The second-order valence-electron chi connectivity index (χ2n) is 8.70. The molecule has 3 N–H and O–H groups in total. The van der Waals surface area contributed by atoms with Crippen LogP contribution in [0.2, 0.25) is 0 Å². The number of unbranched alkanes of at least 4 members (excludes halogenated alkanes) is 5. The Morgan fingerprint density at radius 2 is 1.72 bits per heavy atom. The van der Waals surface area contributed by atoms with E-state index in [1.807, 2.05) is 13.8 Å². The zero-order chi connectivity index (χ0) is 24.2. The molecule has 186 valence electrons. The highest BCUT2D eigenvalue weighted by atomic mass is 19.1. The smallest absolute Gasteiger partial charge is 0.187 e. The number of nitrogens with one attached hydrogen (secondary N) is 2. The van der Waals surface area contributed by atoms with Crippen LogP contribution < -0.4 is 5.32 Å². The molecule has 1 aliphatic rings. The van der Waals surface area contributed by atoms with E-state index >= 15 is 0 Å². The molecule has 0 saturated carbocycles. The molecule has 1 unspecified atom stereocenters. The van der Waals surface area contributed by atoms with Crippen molar-refractivity contribution in [3.63, 3.8) is 0 Å². The maximum Gasteiger partial charge on any atom is 0.187 e.